The molecule has 2 heterocycles. The number of carbonyl (C=O) groups excluding carboxylic acids is 1. The molecule has 0 N–H and O–H groups in total. The first-order valence-electron chi connectivity index (χ1n) is 10.5. The van der Waals surface area contributed by atoms with Crippen LogP contribution in [0.5, 0.6) is 0 Å². The molecule has 1 aromatic heterocycles. The summed E-state index contributed by atoms with van der Waals surface area (Å²) >= 11 is 0. The van der Waals surface area contributed by atoms with Gasteiger partial charge in [0.25, 0.3) is 5.91 Å². The van der Waals surface area contributed by atoms with Gasteiger partial charge in [0, 0.05) is 30.5 Å². The molecular weight excluding hydrogens is 445 g/mol. The largest absolute Gasteiger partial charge is 0.379 e. The number of amides is 1. The first kappa shape index (κ1) is 23.0. The molecule has 0 unspecified atom stereocenters. The van der Waals surface area contributed by atoms with Crippen molar-refractivity contribution in [1.82, 2.24) is 9.29 Å². The van der Waals surface area contributed by atoms with Gasteiger partial charge in [0.05, 0.1) is 30.3 Å². The Balaban J connectivity index is 1.71. The van der Waals surface area contributed by atoms with Crippen LogP contribution >= 0.6 is 0 Å². The van der Waals surface area contributed by atoms with Gasteiger partial charge < -0.3 is 9.64 Å². The molecule has 172 valence electrons. The summed E-state index contributed by atoms with van der Waals surface area (Å²) in [6, 6.07) is 15.6. The Kier molecular flexibility index (Phi) is 6.83. The minimum atomic E-state index is -3.78. The number of nitrogens with zero attached hydrogens (tertiary/aromatic N) is 3. The molecule has 0 aliphatic carbocycles. The molecule has 1 saturated heterocycles. The number of pyridine rings is 1. The monoisotopic (exact) mass is 469 g/mol. The molecule has 0 bridgehead atoms. The highest BCUT2D eigenvalue weighted by atomic mass is 32.2. The number of halogens is 1. The highest BCUT2D eigenvalue weighted by Gasteiger charge is 2.29. The first-order valence-corrected chi connectivity index (χ1v) is 12.0. The molecule has 9 heteroatoms. The average Bonchev–Trinajstić information content (AvgIpc) is 2.84. The second-order valence-electron chi connectivity index (χ2n) is 7.69. The number of aromatic nitrogens is 1. The molecule has 33 heavy (non-hydrogen) atoms. The van der Waals surface area contributed by atoms with Crippen LogP contribution < -0.4 is 4.90 Å². The third-order valence-electron chi connectivity index (χ3n) is 5.45. The minimum absolute atomic E-state index is 0.0899. The van der Waals surface area contributed by atoms with Crippen LogP contribution in [0.3, 0.4) is 0 Å². The van der Waals surface area contributed by atoms with E-state index >= 15 is 0 Å². The fourth-order valence-electron chi connectivity index (χ4n) is 3.65. The zero-order chi connectivity index (χ0) is 23.4. The molecule has 3 aromatic rings. The third-order valence-corrected chi connectivity index (χ3v) is 7.49. The van der Waals surface area contributed by atoms with E-state index in [0.717, 1.165) is 0 Å². The Hall–Kier alpha value is -3.14. The molecule has 0 radical (unpaired) electrons. The van der Waals surface area contributed by atoms with Gasteiger partial charge in [-0.15, -0.1) is 0 Å². The molecular formula is C24H24FN3O4S. The fourth-order valence-corrected chi connectivity index (χ4v) is 5.31. The van der Waals surface area contributed by atoms with Gasteiger partial charge in [-0.05, 0) is 61.0 Å². The normalized spacial score (nSPS) is 14.7. The lowest BCUT2D eigenvalue weighted by molar-refractivity contribution is 0.0730. The van der Waals surface area contributed by atoms with Gasteiger partial charge in [0.15, 0.2) is 0 Å². The van der Waals surface area contributed by atoms with E-state index in [1.165, 1.54) is 39.5 Å². The van der Waals surface area contributed by atoms with E-state index in [4.69, 9.17) is 4.74 Å². The number of hydrogen-bond acceptors (Lipinski definition) is 5. The lowest BCUT2D eigenvalue weighted by Crippen LogP contribution is -2.41. The van der Waals surface area contributed by atoms with Gasteiger partial charge in [-0.25, -0.2) is 12.8 Å². The molecule has 1 aliphatic heterocycles. The fraction of sp³-hybridized carbons (Fsp3) is 0.250. The quantitative estimate of drug-likeness (QED) is 0.553. The van der Waals surface area contributed by atoms with Crippen molar-refractivity contribution in [2.45, 2.75) is 18.4 Å². The molecule has 0 atom stereocenters. The Morgan fingerprint density at radius 1 is 1.09 bits per heavy atom. The van der Waals surface area contributed by atoms with E-state index in [9.17, 15) is 17.6 Å². The van der Waals surface area contributed by atoms with E-state index in [1.54, 1.807) is 37.4 Å². The van der Waals surface area contributed by atoms with Crippen LogP contribution in [0.15, 0.2) is 71.8 Å². The third kappa shape index (κ3) is 5.11. The summed E-state index contributed by atoms with van der Waals surface area (Å²) in [6.45, 7) is 3.04. The maximum absolute atomic E-state index is 13.6. The molecule has 4 rings (SSSR count). The summed E-state index contributed by atoms with van der Waals surface area (Å²) in [5, 5.41) is 0. The van der Waals surface area contributed by atoms with Crippen LogP contribution in [0.4, 0.5) is 10.1 Å². The summed E-state index contributed by atoms with van der Waals surface area (Å²) in [4.78, 5) is 19.4. The minimum Gasteiger partial charge on any atom is -0.379 e. The highest BCUT2D eigenvalue weighted by molar-refractivity contribution is 7.89. The number of hydrogen-bond donors (Lipinski definition) is 0. The molecule has 1 aliphatic rings. The number of aryl methyl sites for hydroxylation is 1. The average molecular weight is 470 g/mol. The van der Waals surface area contributed by atoms with Gasteiger partial charge in [-0.1, -0.05) is 12.1 Å². The van der Waals surface area contributed by atoms with E-state index in [1.807, 2.05) is 6.07 Å². The van der Waals surface area contributed by atoms with E-state index < -0.39 is 21.7 Å². The first-order chi connectivity index (χ1) is 15.9. The van der Waals surface area contributed by atoms with Crippen LogP contribution in [0.25, 0.3) is 0 Å². The molecule has 0 spiro atoms. The molecule has 1 fully saturated rings. The second kappa shape index (κ2) is 9.78. The smallest absolute Gasteiger partial charge is 0.258 e. The SMILES string of the molecule is Cc1ccc(C(=O)N(Cc2ccccn2)c2ccc(F)cc2)cc1S(=O)(=O)N1CCOCC1. The van der Waals surface area contributed by atoms with Crippen LogP contribution in [-0.4, -0.2) is 49.9 Å². The lowest BCUT2D eigenvalue weighted by atomic mass is 10.1. The zero-order valence-corrected chi connectivity index (χ0v) is 19.0. The van der Waals surface area contributed by atoms with Crippen molar-refractivity contribution in [2.75, 3.05) is 31.2 Å². The van der Waals surface area contributed by atoms with Crippen molar-refractivity contribution >= 4 is 21.6 Å². The maximum Gasteiger partial charge on any atom is 0.258 e. The maximum atomic E-state index is 13.6. The van der Waals surface area contributed by atoms with Crippen molar-refractivity contribution in [3.05, 3.63) is 89.5 Å². The van der Waals surface area contributed by atoms with Gasteiger partial charge in [0.1, 0.15) is 5.82 Å². The summed E-state index contributed by atoms with van der Waals surface area (Å²) in [5.41, 5.74) is 1.89. The van der Waals surface area contributed by atoms with Crippen LogP contribution in [0.1, 0.15) is 21.6 Å². The summed E-state index contributed by atoms with van der Waals surface area (Å²) in [5.74, 6) is -0.830. The number of rotatable bonds is 6. The number of carbonyl (C=O) groups is 1. The van der Waals surface area contributed by atoms with Crippen LogP contribution in [0, 0.1) is 12.7 Å². The predicted octanol–water partition coefficient (Wildman–Crippen LogP) is 3.40. The second-order valence-corrected chi connectivity index (χ2v) is 9.59. The van der Waals surface area contributed by atoms with Crippen LogP contribution in [-0.2, 0) is 21.3 Å². The van der Waals surface area contributed by atoms with E-state index in [0.29, 0.717) is 30.2 Å². The summed E-state index contributed by atoms with van der Waals surface area (Å²) in [7, 11) is -3.78. The van der Waals surface area contributed by atoms with E-state index in [-0.39, 0.29) is 30.1 Å². The zero-order valence-electron chi connectivity index (χ0n) is 18.1. The Morgan fingerprint density at radius 3 is 2.48 bits per heavy atom. The molecule has 1 amide bonds. The Morgan fingerprint density at radius 2 is 1.82 bits per heavy atom. The highest BCUT2D eigenvalue weighted by Crippen LogP contribution is 2.25. The van der Waals surface area contributed by atoms with Gasteiger partial charge in [-0.3, -0.25) is 9.78 Å². The van der Waals surface area contributed by atoms with Crippen LogP contribution in [0.2, 0.25) is 0 Å². The number of morpholine rings is 1. The Labute approximate surface area is 192 Å². The van der Waals surface area contributed by atoms with Gasteiger partial charge in [0.2, 0.25) is 10.0 Å². The number of ether oxygens (including phenoxy) is 1. The van der Waals surface area contributed by atoms with Crippen molar-refractivity contribution in [3.8, 4) is 0 Å². The van der Waals surface area contributed by atoms with Gasteiger partial charge in [-0.2, -0.15) is 4.31 Å². The number of anilines is 1. The molecule has 7 nitrogen and oxygen atoms in total. The number of benzene rings is 2. The van der Waals surface area contributed by atoms with Crippen molar-refractivity contribution in [2.24, 2.45) is 0 Å². The van der Waals surface area contributed by atoms with Crippen molar-refractivity contribution < 1.29 is 22.3 Å². The lowest BCUT2D eigenvalue weighted by Gasteiger charge is -2.27. The summed E-state index contributed by atoms with van der Waals surface area (Å²) in [6.07, 6.45) is 1.63. The standard InChI is InChI=1S/C24H24FN3O4S/c1-18-5-6-19(16-23(18)33(30,31)27-12-14-32-15-13-27)24(29)28(17-21-4-2-3-11-26-21)22-9-7-20(25)8-10-22/h2-11,16H,12-15,17H2,1H3. The molecule has 2 aromatic carbocycles. The topological polar surface area (TPSA) is 79.8 Å². The Bertz CT molecular complexity index is 1230. The van der Waals surface area contributed by atoms with Crippen molar-refractivity contribution in [1.29, 1.82) is 0 Å². The number of sulfonamides is 1. The van der Waals surface area contributed by atoms with E-state index in [2.05, 4.69) is 4.98 Å². The summed E-state index contributed by atoms with van der Waals surface area (Å²) < 4.78 is 46.6. The molecule has 0 saturated carbocycles. The van der Waals surface area contributed by atoms with Crippen molar-refractivity contribution in [3.63, 3.8) is 0 Å². The predicted molar refractivity (Wildman–Crippen MR) is 122 cm³/mol. The van der Waals surface area contributed by atoms with Gasteiger partial charge >= 0.3 is 0 Å².